The van der Waals surface area contributed by atoms with Gasteiger partial charge in [-0.2, -0.15) is 0 Å². The maximum absolute atomic E-state index is 10.1. The van der Waals surface area contributed by atoms with E-state index in [4.69, 9.17) is 38.5 Å². The van der Waals surface area contributed by atoms with E-state index in [1.807, 2.05) is 0 Å². The van der Waals surface area contributed by atoms with E-state index in [-0.39, 0.29) is 19.8 Å². The van der Waals surface area contributed by atoms with E-state index in [1.54, 1.807) is 0 Å². The molecule has 0 saturated carbocycles. The first-order chi connectivity index (χ1) is 17.2. The van der Waals surface area contributed by atoms with Crippen LogP contribution in [0.1, 0.15) is 116 Å². The second-order valence-electron chi connectivity index (χ2n) is 9.47. The lowest BCUT2D eigenvalue weighted by Gasteiger charge is -2.32. The summed E-state index contributed by atoms with van der Waals surface area (Å²) >= 11 is 0. The molecule has 1 unspecified atom stereocenters. The quantitative estimate of drug-likeness (QED) is 0.0692. The Balaban J connectivity index is -0.000000969. The third-order valence-corrected chi connectivity index (χ3v) is 5.98. The van der Waals surface area contributed by atoms with Crippen molar-refractivity contribution in [2.24, 2.45) is 5.41 Å². The maximum atomic E-state index is 10.1. The summed E-state index contributed by atoms with van der Waals surface area (Å²) in [6, 6.07) is 0. The Morgan fingerprint density at radius 1 is 0.514 bits per heavy atom. The standard InChI is InChI=1S/C23H48O4.2H3O4P/c1-2-3-4-5-6-7-8-9-10-11-12-13-14-15-16-17-18-22(27)23(19-24,20-25)21-26;2*1-5(2,3)4/h22,24-27H,2-21H2,1H3;2*(H3,1,2,3,4). The second-order valence-corrected chi connectivity index (χ2v) is 11.5. The number of phosphoric acid groups is 2. The molecule has 0 aliphatic carbocycles. The third-order valence-electron chi connectivity index (χ3n) is 5.98. The zero-order valence-corrected chi connectivity index (χ0v) is 24.2. The molecule has 0 aromatic carbocycles. The Morgan fingerprint density at radius 2 is 0.730 bits per heavy atom. The maximum Gasteiger partial charge on any atom is 0.466 e. The molecule has 0 rings (SSSR count). The highest BCUT2D eigenvalue weighted by atomic mass is 31.2. The third kappa shape index (κ3) is 38.3. The predicted molar refractivity (Wildman–Crippen MR) is 142 cm³/mol. The van der Waals surface area contributed by atoms with Gasteiger partial charge in [-0.1, -0.05) is 110 Å². The van der Waals surface area contributed by atoms with Gasteiger partial charge in [0.25, 0.3) is 0 Å². The van der Waals surface area contributed by atoms with E-state index in [2.05, 4.69) is 6.92 Å². The van der Waals surface area contributed by atoms with Gasteiger partial charge in [-0.05, 0) is 6.42 Å². The van der Waals surface area contributed by atoms with Crippen LogP contribution in [0, 0.1) is 5.41 Å². The minimum atomic E-state index is -4.64. The average Bonchev–Trinajstić information content (AvgIpc) is 2.78. The number of aliphatic hydroxyl groups excluding tert-OH is 4. The largest absolute Gasteiger partial charge is 0.466 e. The molecule has 0 amide bonds. The number of rotatable bonds is 21. The Bertz CT molecular complexity index is 519. The van der Waals surface area contributed by atoms with Crippen molar-refractivity contribution >= 4 is 15.6 Å². The van der Waals surface area contributed by atoms with Crippen LogP contribution in [0.25, 0.3) is 0 Å². The van der Waals surface area contributed by atoms with Gasteiger partial charge in [0.15, 0.2) is 0 Å². The molecule has 12 nitrogen and oxygen atoms in total. The van der Waals surface area contributed by atoms with Crippen LogP contribution in [0.4, 0.5) is 0 Å². The monoisotopic (exact) mass is 584 g/mol. The van der Waals surface area contributed by atoms with Crippen molar-refractivity contribution < 1.29 is 58.9 Å². The lowest BCUT2D eigenvalue weighted by atomic mass is 9.82. The molecule has 0 fully saturated rings. The van der Waals surface area contributed by atoms with Crippen LogP contribution in [0.5, 0.6) is 0 Å². The first kappa shape index (κ1) is 41.5. The summed E-state index contributed by atoms with van der Waals surface area (Å²) in [5.41, 5.74) is -1.16. The van der Waals surface area contributed by atoms with Crippen molar-refractivity contribution in [2.75, 3.05) is 19.8 Å². The smallest absolute Gasteiger partial charge is 0.396 e. The van der Waals surface area contributed by atoms with Gasteiger partial charge in [-0.25, -0.2) is 9.13 Å². The molecule has 228 valence electrons. The molecule has 0 aliphatic rings. The highest BCUT2D eigenvalue weighted by Crippen LogP contribution is 2.26. The minimum absolute atomic E-state index is 0.389. The van der Waals surface area contributed by atoms with Crippen LogP contribution in [-0.4, -0.2) is 75.7 Å². The highest BCUT2D eigenvalue weighted by molar-refractivity contribution is 7.45. The molecule has 14 heteroatoms. The van der Waals surface area contributed by atoms with Gasteiger partial charge in [0.05, 0.1) is 31.3 Å². The van der Waals surface area contributed by atoms with E-state index >= 15 is 0 Å². The van der Waals surface area contributed by atoms with Crippen molar-refractivity contribution in [1.29, 1.82) is 0 Å². The van der Waals surface area contributed by atoms with E-state index in [0.717, 1.165) is 12.8 Å². The van der Waals surface area contributed by atoms with Crippen LogP contribution in [0.15, 0.2) is 0 Å². The molecule has 0 saturated heterocycles. The van der Waals surface area contributed by atoms with Gasteiger partial charge >= 0.3 is 15.6 Å². The molecule has 10 N–H and O–H groups in total. The number of hydrogen-bond donors (Lipinski definition) is 10. The van der Waals surface area contributed by atoms with Crippen molar-refractivity contribution in [3.63, 3.8) is 0 Å². The van der Waals surface area contributed by atoms with E-state index in [9.17, 15) is 20.4 Å². The van der Waals surface area contributed by atoms with Gasteiger partial charge in [0.1, 0.15) is 0 Å². The summed E-state index contributed by atoms with van der Waals surface area (Å²) in [6.07, 6.45) is 20.6. The fourth-order valence-electron chi connectivity index (χ4n) is 3.66. The first-order valence-electron chi connectivity index (χ1n) is 13.2. The van der Waals surface area contributed by atoms with Crippen molar-refractivity contribution in [1.82, 2.24) is 0 Å². The SMILES string of the molecule is CCCCCCCCCCCCCCCCCCC(O)C(CO)(CO)CO.O=P(O)(O)O.O=P(O)(O)O. The summed E-state index contributed by atoms with van der Waals surface area (Å²) < 4.78 is 17.8. The van der Waals surface area contributed by atoms with Crippen LogP contribution in [0.3, 0.4) is 0 Å². The zero-order chi connectivity index (χ0) is 29.2. The molecule has 0 radical (unpaired) electrons. The van der Waals surface area contributed by atoms with Gasteiger partial charge in [-0.3, -0.25) is 0 Å². The normalized spacial score (nSPS) is 12.8. The number of unbranched alkanes of at least 4 members (excludes halogenated alkanes) is 15. The Labute approximate surface area is 222 Å². The Morgan fingerprint density at radius 3 is 0.946 bits per heavy atom. The fraction of sp³-hybridized carbons (Fsp3) is 1.00. The van der Waals surface area contributed by atoms with Crippen LogP contribution in [0.2, 0.25) is 0 Å². The van der Waals surface area contributed by atoms with Crippen molar-refractivity contribution in [2.45, 2.75) is 122 Å². The molecule has 0 aromatic heterocycles. The predicted octanol–water partition coefficient (Wildman–Crippen LogP) is 3.11. The summed E-state index contributed by atoms with van der Waals surface area (Å²) in [6.45, 7) is 1.10. The lowest BCUT2D eigenvalue weighted by Crippen LogP contribution is -2.45. The molecule has 1 atom stereocenters. The molecular formula is C23H54O12P2. The first-order valence-corrected chi connectivity index (χ1v) is 16.4. The molecule has 0 heterocycles. The van der Waals surface area contributed by atoms with Crippen LogP contribution >= 0.6 is 15.6 Å². The number of aliphatic hydroxyl groups is 4. The van der Waals surface area contributed by atoms with Gasteiger partial charge in [-0.15, -0.1) is 0 Å². The van der Waals surface area contributed by atoms with Gasteiger partial charge in [0.2, 0.25) is 0 Å². The van der Waals surface area contributed by atoms with E-state index < -0.39 is 27.2 Å². The Kier molecular flexibility index (Phi) is 29.5. The summed E-state index contributed by atoms with van der Waals surface area (Å²) in [5, 5.41) is 38.0. The van der Waals surface area contributed by atoms with Gasteiger partial charge in [0, 0.05) is 0 Å². The minimum Gasteiger partial charge on any atom is -0.396 e. The molecule has 0 spiro atoms. The summed E-state index contributed by atoms with van der Waals surface area (Å²) in [4.78, 5) is 43.1. The highest BCUT2D eigenvalue weighted by Gasteiger charge is 2.36. The second kappa shape index (κ2) is 26.3. The summed E-state index contributed by atoms with van der Waals surface area (Å²) in [5.74, 6) is 0. The topological polar surface area (TPSA) is 236 Å². The average molecular weight is 585 g/mol. The number of hydrogen-bond acceptors (Lipinski definition) is 6. The zero-order valence-electron chi connectivity index (χ0n) is 22.4. The van der Waals surface area contributed by atoms with Crippen molar-refractivity contribution in [3.05, 3.63) is 0 Å². The van der Waals surface area contributed by atoms with Crippen LogP contribution in [-0.2, 0) is 9.13 Å². The summed E-state index contributed by atoms with van der Waals surface area (Å²) in [7, 11) is -9.28. The Hall–Kier alpha value is 0.0600. The van der Waals surface area contributed by atoms with Crippen LogP contribution < -0.4 is 0 Å². The van der Waals surface area contributed by atoms with Crippen molar-refractivity contribution in [3.8, 4) is 0 Å². The molecule has 0 bridgehead atoms. The molecule has 0 aliphatic heterocycles. The van der Waals surface area contributed by atoms with Gasteiger partial charge < -0.3 is 49.8 Å². The lowest BCUT2D eigenvalue weighted by molar-refractivity contribution is -0.0863. The molecular weight excluding hydrogens is 530 g/mol. The van der Waals surface area contributed by atoms with E-state index in [0.29, 0.717) is 6.42 Å². The fourth-order valence-corrected chi connectivity index (χ4v) is 3.66. The molecule has 37 heavy (non-hydrogen) atoms. The molecule has 0 aromatic rings. The van der Waals surface area contributed by atoms with E-state index in [1.165, 1.54) is 89.9 Å².